The van der Waals surface area contributed by atoms with Crippen molar-refractivity contribution in [3.05, 3.63) is 53.6 Å². The summed E-state index contributed by atoms with van der Waals surface area (Å²) in [5.74, 6) is 2.85. The van der Waals surface area contributed by atoms with Crippen LogP contribution in [0.4, 0.5) is 0 Å². The average molecular weight is 464 g/mol. The maximum Gasteiger partial charge on any atom is 0.223 e. The van der Waals surface area contributed by atoms with E-state index in [0.717, 1.165) is 68.2 Å². The number of amides is 1. The van der Waals surface area contributed by atoms with Crippen LogP contribution in [-0.4, -0.2) is 59.0 Å². The average Bonchev–Trinajstić information content (AvgIpc) is 3.19. The van der Waals surface area contributed by atoms with Crippen LogP contribution in [0.15, 0.2) is 36.4 Å². The molecule has 1 fully saturated rings. The van der Waals surface area contributed by atoms with Gasteiger partial charge < -0.3 is 19.4 Å². The van der Waals surface area contributed by atoms with E-state index in [1.165, 1.54) is 10.9 Å². The molecule has 1 N–H and O–H groups in total. The van der Waals surface area contributed by atoms with Gasteiger partial charge in [0, 0.05) is 57.1 Å². The molecule has 5 rings (SSSR count). The SMILES string of the molecule is COc1ccc(CN2CCc3nnc([C@H](C)NC(=O)C4CCOCC4)n3CC2)c2ccccc12. The number of carbonyl (C=O) groups excluding carboxylic acids is 1. The summed E-state index contributed by atoms with van der Waals surface area (Å²) in [5, 5.41) is 14.5. The van der Waals surface area contributed by atoms with Crippen LogP contribution in [0.2, 0.25) is 0 Å². The fourth-order valence-corrected chi connectivity index (χ4v) is 5.11. The molecule has 180 valence electrons. The summed E-state index contributed by atoms with van der Waals surface area (Å²) in [6.07, 6.45) is 2.40. The Morgan fingerprint density at radius 2 is 1.91 bits per heavy atom. The van der Waals surface area contributed by atoms with E-state index in [0.29, 0.717) is 13.2 Å². The van der Waals surface area contributed by atoms with Crippen molar-refractivity contribution < 1.29 is 14.3 Å². The normalized spacial score (nSPS) is 18.3. The second-order valence-electron chi connectivity index (χ2n) is 9.24. The molecule has 3 aromatic rings. The summed E-state index contributed by atoms with van der Waals surface area (Å²) in [6, 6.07) is 12.5. The predicted molar refractivity (Wildman–Crippen MR) is 130 cm³/mol. The van der Waals surface area contributed by atoms with Gasteiger partial charge in [0.2, 0.25) is 5.91 Å². The predicted octanol–water partition coefficient (Wildman–Crippen LogP) is 3.10. The highest BCUT2D eigenvalue weighted by Crippen LogP contribution is 2.29. The Bertz CT molecular complexity index is 1150. The van der Waals surface area contributed by atoms with Crippen LogP contribution in [0.25, 0.3) is 10.8 Å². The smallest absolute Gasteiger partial charge is 0.223 e. The Morgan fingerprint density at radius 3 is 2.71 bits per heavy atom. The molecule has 8 heteroatoms. The number of hydrogen-bond donors (Lipinski definition) is 1. The van der Waals surface area contributed by atoms with Crippen molar-refractivity contribution >= 4 is 16.7 Å². The number of benzene rings is 2. The van der Waals surface area contributed by atoms with Gasteiger partial charge in [-0.05, 0) is 36.8 Å². The number of rotatable bonds is 6. The van der Waals surface area contributed by atoms with Gasteiger partial charge >= 0.3 is 0 Å². The molecule has 1 atom stereocenters. The topological polar surface area (TPSA) is 81.5 Å². The number of carbonyl (C=O) groups is 1. The van der Waals surface area contributed by atoms with E-state index in [4.69, 9.17) is 9.47 Å². The van der Waals surface area contributed by atoms with Crippen molar-refractivity contribution in [1.82, 2.24) is 25.0 Å². The first-order valence-corrected chi connectivity index (χ1v) is 12.2. The van der Waals surface area contributed by atoms with Crippen LogP contribution in [0, 0.1) is 5.92 Å². The van der Waals surface area contributed by atoms with Crippen LogP contribution in [0.3, 0.4) is 0 Å². The first-order valence-electron chi connectivity index (χ1n) is 12.2. The maximum absolute atomic E-state index is 12.7. The molecule has 2 aliphatic rings. The minimum absolute atomic E-state index is 0.0255. The third-order valence-corrected chi connectivity index (χ3v) is 7.07. The molecule has 3 heterocycles. The molecular weight excluding hydrogens is 430 g/mol. The second kappa shape index (κ2) is 10.1. The van der Waals surface area contributed by atoms with Gasteiger partial charge in [0.25, 0.3) is 0 Å². The van der Waals surface area contributed by atoms with Crippen molar-refractivity contribution in [1.29, 1.82) is 0 Å². The fraction of sp³-hybridized carbons (Fsp3) is 0.500. The van der Waals surface area contributed by atoms with E-state index in [1.807, 2.05) is 6.92 Å². The molecule has 0 aliphatic carbocycles. The number of aromatic nitrogens is 3. The zero-order chi connectivity index (χ0) is 23.5. The number of nitrogens with one attached hydrogen (secondary N) is 1. The molecule has 0 saturated carbocycles. The van der Waals surface area contributed by atoms with E-state index in [2.05, 4.69) is 61.4 Å². The second-order valence-corrected chi connectivity index (χ2v) is 9.24. The molecule has 0 unspecified atom stereocenters. The number of ether oxygens (including phenoxy) is 2. The lowest BCUT2D eigenvalue weighted by Crippen LogP contribution is -2.36. The number of fused-ring (bicyclic) bond motifs is 2. The summed E-state index contributed by atoms with van der Waals surface area (Å²) in [7, 11) is 1.72. The Labute approximate surface area is 200 Å². The van der Waals surface area contributed by atoms with Gasteiger partial charge in [-0.15, -0.1) is 10.2 Å². The summed E-state index contributed by atoms with van der Waals surface area (Å²) >= 11 is 0. The van der Waals surface area contributed by atoms with Crippen LogP contribution < -0.4 is 10.1 Å². The summed E-state index contributed by atoms with van der Waals surface area (Å²) in [4.78, 5) is 15.2. The first kappa shape index (κ1) is 22.8. The Balaban J connectivity index is 1.26. The Kier molecular flexibility index (Phi) is 6.78. The maximum atomic E-state index is 12.7. The standard InChI is InChI=1S/C26H33N5O3/c1-18(27-26(32)19-10-15-34-16-11-19)25-29-28-24-9-12-30(13-14-31(24)25)17-20-7-8-23(33-2)22-6-4-3-5-21(20)22/h3-8,18-19H,9-17H2,1-2H3,(H,27,32)/t18-/m0/s1. The summed E-state index contributed by atoms with van der Waals surface area (Å²) in [6.45, 7) is 6.82. The molecule has 2 aromatic carbocycles. The molecule has 0 spiro atoms. The van der Waals surface area contributed by atoms with Gasteiger partial charge in [-0.2, -0.15) is 0 Å². The number of methoxy groups -OCH3 is 1. The molecule has 2 aliphatic heterocycles. The van der Waals surface area contributed by atoms with E-state index >= 15 is 0 Å². The van der Waals surface area contributed by atoms with E-state index < -0.39 is 0 Å². The molecule has 1 amide bonds. The minimum Gasteiger partial charge on any atom is -0.496 e. The number of hydrogen-bond acceptors (Lipinski definition) is 6. The zero-order valence-electron chi connectivity index (χ0n) is 20.0. The van der Waals surface area contributed by atoms with Crippen molar-refractivity contribution in [2.75, 3.05) is 33.4 Å². The minimum atomic E-state index is -0.173. The van der Waals surface area contributed by atoms with Crippen molar-refractivity contribution in [3.63, 3.8) is 0 Å². The Hall–Kier alpha value is -2.97. The third-order valence-electron chi connectivity index (χ3n) is 7.07. The highest BCUT2D eigenvalue weighted by molar-refractivity contribution is 5.91. The zero-order valence-corrected chi connectivity index (χ0v) is 20.0. The molecule has 1 aromatic heterocycles. The molecular formula is C26H33N5O3. The lowest BCUT2D eigenvalue weighted by molar-refractivity contribution is -0.128. The van der Waals surface area contributed by atoms with Gasteiger partial charge in [-0.3, -0.25) is 9.69 Å². The van der Waals surface area contributed by atoms with Crippen LogP contribution in [0.5, 0.6) is 5.75 Å². The monoisotopic (exact) mass is 463 g/mol. The highest BCUT2D eigenvalue weighted by Gasteiger charge is 2.26. The quantitative estimate of drug-likeness (QED) is 0.605. The van der Waals surface area contributed by atoms with E-state index in [-0.39, 0.29) is 17.9 Å². The molecule has 8 nitrogen and oxygen atoms in total. The molecule has 34 heavy (non-hydrogen) atoms. The van der Waals surface area contributed by atoms with Gasteiger partial charge in [-0.1, -0.05) is 30.3 Å². The highest BCUT2D eigenvalue weighted by atomic mass is 16.5. The van der Waals surface area contributed by atoms with Crippen LogP contribution >= 0.6 is 0 Å². The van der Waals surface area contributed by atoms with E-state index in [1.54, 1.807) is 7.11 Å². The summed E-state index contributed by atoms with van der Waals surface area (Å²) in [5.41, 5.74) is 1.30. The lowest BCUT2D eigenvalue weighted by Gasteiger charge is -2.24. The first-order chi connectivity index (χ1) is 16.6. The fourth-order valence-electron chi connectivity index (χ4n) is 5.11. The lowest BCUT2D eigenvalue weighted by atomic mass is 9.99. The van der Waals surface area contributed by atoms with Crippen molar-refractivity contribution in [3.8, 4) is 5.75 Å². The van der Waals surface area contributed by atoms with Gasteiger partial charge in [0.05, 0.1) is 13.2 Å². The van der Waals surface area contributed by atoms with Crippen LogP contribution in [-0.2, 0) is 29.0 Å². The summed E-state index contributed by atoms with van der Waals surface area (Å²) < 4.78 is 13.1. The molecule has 0 bridgehead atoms. The van der Waals surface area contributed by atoms with Gasteiger partial charge in [0.15, 0.2) is 5.82 Å². The Morgan fingerprint density at radius 1 is 1.12 bits per heavy atom. The van der Waals surface area contributed by atoms with Gasteiger partial charge in [0.1, 0.15) is 11.6 Å². The molecule has 0 radical (unpaired) electrons. The van der Waals surface area contributed by atoms with Crippen molar-refractivity contribution in [2.45, 2.75) is 45.3 Å². The third kappa shape index (κ3) is 4.65. The van der Waals surface area contributed by atoms with Crippen molar-refractivity contribution in [2.24, 2.45) is 5.92 Å². The number of nitrogens with zero attached hydrogens (tertiary/aromatic N) is 4. The largest absolute Gasteiger partial charge is 0.496 e. The van der Waals surface area contributed by atoms with Gasteiger partial charge in [-0.25, -0.2) is 0 Å². The van der Waals surface area contributed by atoms with E-state index in [9.17, 15) is 4.79 Å². The van der Waals surface area contributed by atoms with Crippen LogP contribution in [0.1, 0.15) is 43.0 Å². The molecule has 1 saturated heterocycles.